The van der Waals surface area contributed by atoms with Gasteiger partial charge in [0.05, 0.1) is 17.6 Å². The van der Waals surface area contributed by atoms with E-state index in [0.29, 0.717) is 32.0 Å². The van der Waals surface area contributed by atoms with Gasteiger partial charge in [-0.3, -0.25) is 9.59 Å². The molecule has 0 bridgehead atoms. The number of hydrogen-bond acceptors (Lipinski definition) is 3. The second-order valence-corrected chi connectivity index (χ2v) is 7.45. The molecule has 1 aliphatic carbocycles. The summed E-state index contributed by atoms with van der Waals surface area (Å²) in [5.41, 5.74) is 1.05. The maximum Gasteiger partial charge on any atom is 0.225 e. The van der Waals surface area contributed by atoms with E-state index in [1.807, 2.05) is 39.9 Å². The Hall–Kier alpha value is -2.37. The van der Waals surface area contributed by atoms with Gasteiger partial charge in [-0.25, -0.2) is 4.98 Å². The molecule has 2 aromatic heterocycles. The molecule has 26 heavy (non-hydrogen) atoms. The molecule has 2 aliphatic rings. The Morgan fingerprint density at radius 3 is 2.92 bits per heavy atom. The monoisotopic (exact) mass is 354 g/mol. The molecule has 1 atom stereocenters. The maximum absolute atomic E-state index is 12.5. The summed E-state index contributed by atoms with van der Waals surface area (Å²) in [5.74, 6) is 0.877. The summed E-state index contributed by atoms with van der Waals surface area (Å²) in [4.78, 5) is 31.2. The highest BCUT2D eigenvalue weighted by Gasteiger charge is 2.37. The molecule has 3 heterocycles. The van der Waals surface area contributed by atoms with Crippen molar-refractivity contribution in [2.24, 2.45) is 5.92 Å². The molecule has 1 aliphatic heterocycles. The third-order valence-corrected chi connectivity index (χ3v) is 5.71. The van der Waals surface area contributed by atoms with Crippen LogP contribution in [-0.2, 0) is 16.0 Å². The molecule has 1 N–H and O–H groups in total. The normalized spacial score (nSPS) is 21.5. The Labute approximate surface area is 153 Å². The van der Waals surface area contributed by atoms with Crippen molar-refractivity contribution >= 4 is 17.3 Å². The summed E-state index contributed by atoms with van der Waals surface area (Å²) in [5, 5.41) is 3.00. The van der Waals surface area contributed by atoms with E-state index in [9.17, 15) is 9.59 Å². The summed E-state index contributed by atoms with van der Waals surface area (Å²) in [6.07, 6.45) is 10.7. The summed E-state index contributed by atoms with van der Waals surface area (Å²) in [6.45, 7) is 1.13. The molecule has 2 fully saturated rings. The van der Waals surface area contributed by atoms with Crippen LogP contribution in [0.25, 0.3) is 5.52 Å². The largest absolute Gasteiger partial charge is 0.355 e. The fourth-order valence-electron chi connectivity index (χ4n) is 4.28. The van der Waals surface area contributed by atoms with E-state index in [1.165, 1.54) is 19.3 Å². The molecule has 1 saturated carbocycles. The Morgan fingerprint density at radius 1 is 1.23 bits per heavy atom. The molecule has 1 unspecified atom stereocenters. The molecule has 2 amide bonds. The molecule has 1 saturated heterocycles. The molecule has 6 nitrogen and oxygen atoms in total. The number of likely N-dealkylation sites (tertiary alicyclic amines) is 1. The Kier molecular flexibility index (Phi) is 4.91. The number of hydrogen-bond donors (Lipinski definition) is 1. The van der Waals surface area contributed by atoms with Crippen LogP contribution < -0.4 is 5.32 Å². The van der Waals surface area contributed by atoms with Gasteiger partial charge < -0.3 is 14.6 Å². The van der Waals surface area contributed by atoms with Gasteiger partial charge in [0.15, 0.2) is 0 Å². The minimum atomic E-state index is -0.207. The van der Waals surface area contributed by atoms with Crippen molar-refractivity contribution in [2.75, 3.05) is 13.1 Å². The lowest BCUT2D eigenvalue weighted by Crippen LogP contribution is -2.39. The van der Waals surface area contributed by atoms with Crippen LogP contribution in [0, 0.1) is 5.92 Å². The van der Waals surface area contributed by atoms with Gasteiger partial charge in [-0.05, 0) is 25.0 Å². The number of nitrogens with one attached hydrogen (secondary N) is 1. The van der Waals surface area contributed by atoms with Crippen LogP contribution >= 0.6 is 0 Å². The molecule has 6 heteroatoms. The highest BCUT2D eigenvalue weighted by molar-refractivity contribution is 5.89. The van der Waals surface area contributed by atoms with Crippen molar-refractivity contribution in [3.8, 4) is 0 Å². The number of imidazole rings is 1. The highest BCUT2D eigenvalue weighted by Crippen LogP contribution is 2.28. The Morgan fingerprint density at radius 2 is 2.08 bits per heavy atom. The minimum absolute atomic E-state index is 0.00230. The zero-order valence-corrected chi connectivity index (χ0v) is 15.1. The van der Waals surface area contributed by atoms with Gasteiger partial charge in [-0.1, -0.05) is 25.3 Å². The van der Waals surface area contributed by atoms with Crippen molar-refractivity contribution < 1.29 is 9.59 Å². The first-order valence-corrected chi connectivity index (χ1v) is 9.70. The van der Waals surface area contributed by atoms with E-state index < -0.39 is 0 Å². The number of amides is 2. The Bertz CT molecular complexity index is 794. The molecule has 0 radical (unpaired) electrons. The van der Waals surface area contributed by atoms with Crippen LogP contribution in [0.1, 0.15) is 44.3 Å². The zero-order valence-electron chi connectivity index (χ0n) is 15.1. The number of rotatable bonds is 5. The zero-order chi connectivity index (χ0) is 17.9. The van der Waals surface area contributed by atoms with Gasteiger partial charge in [0.2, 0.25) is 11.8 Å². The van der Waals surface area contributed by atoms with Crippen LogP contribution in [-0.4, -0.2) is 45.2 Å². The molecule has 2 aromatic rings. The third kappa shape index (κ3) is 3.45. The molecule has 4 rings (SSSR count). The van der Waals surface area contributed by atoms with Gasteiger partial charge in [0.1, 0.15) is 5.82 Å². The third-order valence-electron chi connectivity index (χ3n) is 5.71. The average molecular weight is 354 g/mol. The lowest BCUT2D eigenvalue weighted by Gasteiger charge is -2.31. The molecular weight excluding hydrogens is 328 g/mol. The van der Waals surface area contributed by atoms with Crippen molar-refractivity contribution in [2.45, 2.75) is 51.0 Å². The number of pyridine rings is 1. The quantitative estimate of drug-likeness (QED) is 0.895. The van der Waals surface area contributed by atoms with Gasteiger partial charge in [0.25, 0.3) is 0 Å². The topological polar surface area (TPSA) is 66.7 Å². The number of fused-ring (bicyclic) bond motifs is 1. The Balaban J connectivity index is 1.29. The summed E-state index contributed by atoms with van der Waals surface area (Å²) in [6, 6.07) is 6.32. The maximum atomic E-state index is 12.5. The van der Waals surface area contributed by atoms with E-state index >= 15 is 0 Å². The van der Waals surface area contributed by atoms with E-state index in [1.54, 1.807) is 0 Å². The smallest absolute Gasteiger partial charge is 0.225 e. The fraction of sp³-hybridized carbons (Fsp3) is 0.550. The average Bonchev–Trinajstić information content (AvgIpc) is 3.26. The number of aromatic nitrogens is 2. The summed E-state index contributed by atoms with van der Waals surface area (Å²) < 4.78 is 2.04. The molecular formula is C20H26N4O2. The summed E-state index contributed by atoms with van der Waals surface area (Å²) in [7, 11) is 0. The molecule has 138 valence electrons. The second kappa shape index (κ2) is 7.48. The van der Waals surface area contributed by atoms with Crippen LogP contribution in [0.4, 0.5) is 0 Å². The van der Waals surface area contributed by atoms with Gasteiger partial charge >= 0.3 is 0 Å². The van der Waals surface area contributed by atoms with Crippen molar-refractivity contribution in [1.29, 1.82) is 0 Å². The van der Waals surface area contributed by atoms with E-state index in [-0.39, 0.29) is 17.7 Å². The van der Waals surface area contributed by atoms with Crippen LogP contribution in [0.15, 0.2) is 30.6 Å². The fourth-order valence-corrected chi connectivity index (χ4v) is 4.28. The van der Waals surface area contributed by atoms with Crippen LogP contribution in [0.5, 0.6) is 0 Å². The SMILES string of the molecule is O=C(NCCc1ncc2ccccn12)C1CC(=O)N(C2CCCCC2)C1. The number of carbonyl (C=O) groups excluding carboxylic acids is 2. The van der Waals surface area contributed by atoms with Gasteiger partial charge in [0, 0.05) is 38.2 Å². The van der Waals surface area contributed by atoms with E-state index in [2.05, 4.69) is 10.3 Å². The molecule has 0 aromatic carbocycles. The number of carbonyl (C=O) groups is 2. The predicted molar refractivity (Wildman–Crippen MR) is 98.6 cm³/mol. The second-order valence-electron chi connectivity index (χ2n) is 7.45. The standard InChI is InChI=1S/C20H26N4O2/c25-19-12-15(14-24(19)16-6-2-1-3-7-16)20(26)21-10-9-18-22-13-17-8-4-5-11-23(17)18/h4-5,8,11,13,15-16H,1-3,6-7,9-10,12,14H2,(H,21,26). The highest BCUT2D eigenvalue weighted by atomic mass is 16.2. The first-order valence-electron chi connectivity index (χ1n) is 9.70. The minimum Gasteiger partial charge on any atom is -0.355 e. The van der Waals surface area contributed by atoms with Crippen LogP contribution in [0.2, 0.25) is 0 Å². The van der Waals surface area contributed by atoms with Crippen molar-refractivity contribution in [1.82, 2.24) is 19.6 Å². The number of nitrogens with zero attached hydrogens (tertiary/aromatic N) is 3. The first-order chi connectivity index (χ1) is 12.7. The van der Waals surface area contributed by atoms with Crippen LogP contribution in [0.3, 0.4) is 0 Å². The van der Waals surface area contributed by atoms with Gasteiger partial charge in [-0.2, -0.15) is 0 Å². The van der Waals surface area contributed by atoms with Crippen molar-refractivity contribution in [3.05, 3.63) is 36.4 Å². The van der Waals surface area contributed by atoms with E-state index in [4.69, 9.17) is 0 Å². The lowest BCUT2D eigenvalue weighted by atomic mass is 9.94. The molecule has 0 spiro atoms. The predicted octanol–water partition coefficient (Wildman–Crippen LogP) is 2.17. The van der Waals surface area contributed by atoms with Crippen molar-refractivity contribution in [3.63, 3.8) is 0 Å². The van der Waals surface area contributed by atoms with Gasteiger partial charge in [-0.15, -0.1) is 0 Å². The van der Waals surface area contributed by atoms with E-state index in [0.717, 1.165) is 24.2 Å². The summed E-state index contributed by atoms with van der Waals surface area (Å²) >= 11 is 0. The first kappa shape index (κ1) is 17.1. The lowest BCUT2D eigenvalue weighted by molar-refractivity contribution is -0.130.